The van der Waals surface area contributed by atoms with Gasteiger partial charge in [-0.05, 0) is 30.7 Å². The summed E-state index contributed by atoms with van der Waals surface area (Å²) in [6.45, 7) is 1.12. The number of nitrogens with zero attached hydrogens (tertiary/aromatic N) is 4. The number of aromatic nitrogens is 2. The Balaban J connectivity index is 1.73. The first-order valence-electron chi connectivity index (χ1n) is 6.43. The molecule has 20 heavy (non-hydrogen) atoms. The molecule has 0 saturated carbocycles. The molecule has 0 aromatic carbocycles. The van der Waals surface area contributed by atoms with Crippen LogP contribution in [0.5, 0.6) is 0 Å². The van der Waals surface area contributed by atoms with Gasteiger partial charge in [-0.1, -0.05) is 0 Å². The van der Waals surface area contributed by atoms with E-state index in [-0.39, 0.29) is 11.8 Å². The van der Waals surface area contributed by atoms with Crippen LogP contribution in [-0.4, -0.2) is 33.9 Å². The van der Waals surface area contributed by atoms with Crippen LogP contribution in [-0.2, 0) is 4.79 Å². The van der Waals surface area contributed by atoms with Gasteiger partial charge in [0.25, 0.3) is 0 Å². The Morgan fingerprint density at radius 1 is 1.45 bits per heavy atom. The number of carbonyl (C=O) groups is 1. The second kappa shape index (κ2) is 5.13. The van der Waals surface area contributed by atoms with Gasteiger partial charge in [0, 0.05) is 24.7 Å². The molecule has 2 aromatic heterocycles. The van der Waals surface area contributed by atoms with Crippen molar-refractivity contribution in [1.82, 2.24) is 14.9 Å². The van der Waals surface area contributed by atoms with Crippen LogP contribution in [0.25, 0.3) is 11.0 Å². The summed E-state index contributed by atoms with van der Waals surface area (Å²) < 4.78 is 0. The first kappa shape index (κ1) is 12.4. The van der Waals surface area contributed by atoms with Gasteiger partial charge in [0.05, 0.1) is 5.92 Å². The van der Waals surface area contributed by atoms with Crippen molar-refractivity contribution in [2.24, 2.45) is 5.92 Å². The Labute approximate surface area is 116 Å². The predicted molar refractivity (Wildman–Crippen MR) is 73.5 cm³/mol. The van der Waals surface area contributed by atoms with Crippen LogP contribution in [0, 0.1) is 17.4 Å². The van der Waals surface area contributed by atoms with E-state index in [0.29, 0.717) is 31.0 Å². The number of hydrogen-bond donors (Lipinski definition) is 1. The number of hydrogen-bond acceptors (Lipinski definition) is 5. The van der Waals surface area contributed by atoms with Gasteiger partial charge in [-0.15, -0.1) is 0 Å². The van der Waals surface area contributed by atoms with Crippen LogP contribution in [0.1, 0.15) is 6.42 Å². The van der Waals surface area contributed by atoms with Crippen LogP contribution in [0.2, 0.25) is 0 Å². The number of likely N-dealkylation sites (tertiary alicyclic amines) is 1. The van der Waals surface area contributed by atoms with E-state index in [0.717, 1.165) is 5.39 Å². The zero-order valence-electron chi connectivity index (χ0n) is 10.8. The molecule has 1 atom stereocenters. The first-order valence-corrected chi connectivity index (χ1v) is 6.43. The van der Waals surface area contributed by atoms with Crippen LogP contribution in [0.4, 0.5) is 5.82 Å². The Bertz CT molecular complexity index is 693. The molecule has 3 heterocycles. The minimum absolute atomic E-state index is 0.0921. The topological polar surface area (TPSA) is 81.9 Å². The minimum Gasteiger partial charge on any atom is -0.310 e. The van der Waals surface area contributed by atoms with E-state index in [2.05, 4.69) is 21.5 Å². The third-order valence-corrected chi connectivity index (χ3v) is 3.42. The molecule has 3 rings (SSSR count). The van der Waals surface area contributed by atoms with E-state index >= 15 is 0 Å². The van der Waals surface area contributed by atoms with Gasteiger partial charge in [0.15, 0.2) is 11.8 Å². The van der Waals surface area contributed by atoms with Gasteiger partial charge in [-0.3, -0.25) is 4.79 Å². The maximum Gasteiger partial charge on any atom is 0.230 e. The monoisotopic (exact) mass is 267 g/mol. The number of amides is 1. The summed E-state index contributed by atoms with van der Waals surface area (Å²) in [7, 11) is 0. The van der Waals surface area contributed by atoms with E-state index in [1.54, 1.807) is 17.2 Å². The summed E-state index contributed by atoms with van der Waals surface area (Å²) >= 11 is 0. The molecular formula is C14H13N5O. The number of nitriles is 1. The van der Waals surface area contributed by atoms with Crippen molar-refractivity contribution in [2.45, 2.75) is 6.42 Å². The molecule has 1 fully saturated rings. The molecule has 1 aliphatic heterocycles. The van der Waals surface area contributed by atoms with Crippen molar-refractivity contribution in [3.63, 3.8) is 0 Å². The van der Waals surface area contributed by atoms with Crippen LogP contribution in [0.15, 0.2) is 30.5 Å². The lowest BCUT2D eigenvalue weighted by atomic mass is 10.1. The molecule has 0 bridgehead atoms. The van der Waals surface area contributed by atoms with E-state index in [9.17, 15) is 4.79 Å². The molecule has 0 spiro atoms. The Kier molecular flexibility index (Phi) is 3.17. The van der Waals surface area contributed by atoms with Crippen molar-refractivity contribution in [3.05, 3.63) is 30.5 Å². The molecule has 2 aromatic rings. The number of anilines is 1. The van der Waals surface area contributed by atoms with Crippen molar-refractivity contribution in [2.75, 3.05) is 18.4 Å². The Morgan fingerprint density at radius 3 is 3.15 bits per heavy atom. The number of carbonyl (C=O) groups excluding carboxylic acids is 1. The largest absolute Gasteiger partial charge is 0.310 e. The normalized spacial score (nSPS) is 17.9. The van der Waals surface area contributed by atoms with E-state index in [1.807, 2.05) is 18.2 Å². The predicted octanol–water partition coefficient (Wildman–Crippen LogP) is 1.37. The zero-order valence-corrected chi connectivity index (χ0v) is 10.8. The Morgan fingerprint density at radius 2 is 2.35 bits per heavy atom. The van der Waals surface area contributed by atoms with Crippen molar-refractivity contribution in [3.8, 4) is 6.19 Å². The third kappa shape index (κ3) is 2.38. The molecular weight excluding hydrogens is 254 g/mol. The third-order valence-electron chi connectivity index (χ3n) is 3.42. The quantitative estimate of drug-likeness (QED) is 0.831. The van der Waals surface area contributed by atoms with Crippen LogP contribution < -0.4 is 5.32 Å². The average molecular weight is 267 g/mol. The molecule has 1 amide bonds. The summed E-state index contributed by atoms with van der Waals surface area (Å²) in [5.41, 5.74) is 0.607. The number of nitrogens with one attached hydrogen (secondary N) is 1. The van der Waals surface area contributed by atoms with Gasteiger partial charge in [-0.2, -0.15) is 5.26 Å². The minimum atomic E-state index is -0.157. The van der Waals surface area contributed by atoms with E-state index in [4.69, 9.17) is 5.26 Å². The molecule has 0 aliphatic carbocycles. The molecule has 1 aliphatic rings. The summed E-state index contributed by atoms with van der Waals surface area (Å²) in [5, 5.41) is 12.5. The molecule has 1 unspecified atom stereocenters. The highest BCUT2D eigenvalue weighted by Crippen LogP contribution is 2.18. The van der Waals surface area contributed by atoms with E-state index in [1.165, 1.54) is 0 Å². The molecule has 100 valence electrons. The summed E-state index contributed by atoms with van der Waals surface area (Å²) in [4.78, 5) is 22.2. The molecule has 1 N–H and O–H groups in total. The smallest absolute Gasteiger partial charge is 0.230 e. The van der Waals surface area contributed by atoms with Crippen LogP contribution in [0.3, 0.4) is 0 Å². The van der Waals surface area contributed by atoms with Crippen molar-refractivity contribution < 1.29 is 4.79 Å². The maximum atomic E-state index is 12.1. The lowest BCUT2D eigenvalue weighted by molar-refractivity contribution is -0.119. The molecule has 6 heteroatoms. The highest BCUT2D eigenvalue weighted by atomic mass is 16.2. The van der Waals surface area contributed by atoms with Gasteiger partial charge < -0.3 is 10.2 Å². The zero-order chi connectivity index (χ0) is 13.9. The summed E-state index contributed by atoms with van der Waals surface area (Å²) in [6.07, 6.45) is 4.43. The highest BCUT2D eigenvalue weighted by Gasteiger charge is 2.27. The van der Waals surface area contributed by atoms with E-state index < -0.39 is 0 Å². The standard InChI is InChI=1S/C14H13N5O/c15-9-19-7-5-11(8-19)14(20)18-12-4-3-10-2-1-6-16-13(10)17-12/h1-4,6,11H,5,7-8H2,(H,16,17,18,20). The highest BCUT2D eigenvalue weighted by molar-refractivity contribution is 5.93. The fraction of sp³-hybridized carbons (Fsp3) is 0.286. The van der Waals surface area contributed by atoms with Gasteiger partial charge in [-0.25, -0.2) is 9.97 Å². The second-order valence-electron chi connectivity index (χ2n) is 4.77. The molecule has 6 nitrogen and oxygen atoms in total. The Hall–Kier alpha value is -2.68. The van der Waals surface area contributed by atoms with Gasteiger partial charge >= 0.3 is 0 Å². The number of rotatable bonds is 2. The fourth-order valence-corrected chi connectivity index (χ4v) is 2.32. The lowest BCUT2D eigenvalue weighted by Crippen LogP contribution is -2.25. The molecule has 1 saturated heterocycles. The van der Waals surface area contributed by atoms with Crippen molar-refractivity contribution in [1.29, 1.82) is 5.26 Å². The lowest BCUT2D eigenvalue weighted by Gasteiger charge is -2.10. The van der Waals surface area contributed by atoms with Crippen LogP contribution >= 0.6 is 0 Å². The molecule has 0 radical (unpaired) electrons. The average Bonchev–Trinajstić information content (AvgIpc) is 2.96. The second-order valence-corrected chi connectivity index (χ2v) is 4.77. The summed E-state index contributed by atoms with van der Waals surface area (Å²) in [5.74, 6) is 0.248. The maximum absolute atomic E-state index is 12.1. The number of fused-ring (bicyclic) bond motifs is 1. The van der Waals surface area contributed by atoms with Crippen molar-refractivity contribution >= 4 is 22.8 Å². The SMILES string of the molecule is N#CN1CCC(C(=O)Nc2ccc3cccnc3n2)C1. The number of pyridine rings is 2. The van der Waals surface area contributed by atoms with Gasteiger partial charge in [0.2, 0.25) is 5.91 Å². The summed E-state index contributed by atoms with van der Waals surface area (Å²) in [6, 6.07) is 7.40. The first-order chi connectivity index (χ1) is 9.76. The van der Waals surface area contributed by atoms with Gasteiger partial charge in [0.1, 0.15) is 5.82 Å². The fourth-order valence-electron chi connectivity index (χ4n) is 2.32.